The molecule has 35 heavy (non-hydrogen) atoms. The predicted molar refractivity (Wildman–Crippen MR) is 134 cm³/mol. The van der Waals surface area contributed by atoms with E-state index in [1.54, 1.807) is 0 Å². The average molecular weight is 478 g/mol. The summed E-state index contributed by atoms with van der Waals surface area (Å²) in [5.74, 6) is 0.628. The van der Waals surface area contributed by atoms with Gasteiger partial charge < -0.3 is 19.0 Å². The molecule has 1 heterocycles. The molecule has 1 unspecified atom stereocenters. The van der Waals surface area contributed by atoms with Gasteiger partial charge in [0.2, 0.25) is 5.89 Å². The van der Waals surface area contributed by atoms with Crippen LogP contribution < -0.4 is 0 Å². The van der Waals surface area contributed by atoms with E-state index in [1.807, 2.05) is 37.3 Å². The molecular formula is C29H35NO5. The fraction of sp³-hybridized carbons (Fsp3) is 0.448. The maximum atomic E-state index is 11.7. The van der Waals surface area contributed by atoms with Crippen LogP contribution in [0.4, 0.5) is 0 Å². The van der Waals surface area contributed by atoms with Gasteiger partial charge in [0.15, 0.2) is 0 Å². The van der Waals surface area contributed by atoms with Gasteiger partial charge in [-0.25, -0.2) is 9.78 Å². The largest absolute Gasteiger partial charge is 0.478 e. The number of carboxylic acids is 1. The fourth-order valence-corrected chi connectivity index (χ4v) is 4.70. The zero-order chi connectivity index (χ0) is 24.8. The molecule has 1 aliphatic rings. The standard InChI is InChI=1S/C29H35NO5/c1-4-7-26-25(30-28(35-26)21-14-12-19(2)13-15-21)18-34-24-11-6-10-23(16-24)33-17-22-9-5-8-20(3)27(22)29(31)32/h5,8-9,12-15,23-24H,4,6-7,10-11,16-18H2,1-3H3,(H,31,32)/t23?,24-/m0/s1. The van der Waals surface area contributed by atoms with Crippen LogP contribution in [0.3, 0.4) is 0 Å². The van der Waals surface area contributed by atoms with Crippen molar-refractivity contribution in [3.63, 3.8) is 0 Å². The van der Waals surface area contributed by atoms with Gasteiger partial charge in [0.05, 0.1) is 31.0 Å². The van der Waals surface area contributed by atoms with E-state index in [9.17, 15) is 9.90 Å². The number of carbonyl (C=O) groups is 1. The Morgan fingerprint density at radius 1 is 1.06 bits per heavy atom. The van der Waals surface area contributed by atoms with Gasteiger partial charge in [-0.05, 0) is 69.2 Å². The van der Waals surface area contributed by atoms with E-state index in [4.69, 9.17) is 18.9 Å². The summed E-state index contributed by atoms with van der Waals surface area (Å²) >= 11 is 0. The van der Waals surface area contributed by atoms with Crippen molar-refractivity contribution in [1.29, 1.82) is 0 Å². The minimum atomic E-state index is -0.910. The third kappa shape index (κ3) is 6.38. The molecule has 2 atom stereocenters. The molecule has 0 bridgehead atoms. The third-order valence-corrected chi connectivity index (χ3v) is 6.64. The molecule has 1 aliphatic carbocycles. The zero-order valence-electron chi connectivity index (χ0n) is 20.9. The maximum absolute atomic E-state index is 11.7. The fourth-order valence-electron chi connectivity index (χ4n) is 4.70. The lowest BCUT2D eigenvalue weighted by Crippen LogP contribution is -2.28. The van der Waals surface area contributed by atoms with Crippen molar-refractivity contribution in [2.75, 3.05) is 0 Å². The molecule has 1 saturated carbocycles. The molecule has 4 rings (SSSR count). The summed E-state index contributed by atoms with van der Waals surface area (Å²) in [5.41, 5.74) is 4.86. The lowest BCUT2D eigenvalue weighted by Gasteiger charge is -2.29. The monoisotopic (exact) mass is 477 g/mol. The number of rotatable bonds is 10. The number of benzene rings is 2. The first kappa shape index (κ1) is 25.1. The number of hydrogen-bond donors (Lipinski definition) is 1. The molecule has 6 nitrogen and oxygen atoms in total. The first-order valence-corrected chi connectivity index (χ1v) is 12.5. The van der Waals surface area contributed by atoms with E-state index in [2.05, 4.69) is 26.0 Å². The van der Waals surface area contributed by atoms with Crippen LogP contribution in [0.1, 0.15) is 77.5 Å². The molecule has 3 aromatic rings. The van der Waals surface area contributed by atoms with Crippen LogP contribution in [-0.4, -0.2) is 28.3 Å². The molecule has 0 aliphatic heterocycles. The number of carboxylic acid groups (broad SMARTS) is 1. The smallest absolute Gasteiger partial charge is 0.336 e. The van der Waals surface area contributed by atoms with E-state index in [1.165, 1.54) is 5.56 Å². The van der Waals surface area contributed by atoms with Crippen molar-refractivity contribution < 1.29 is 23.8 Å². The summed E-state index contributed by atoms with van der Waals surface area (Å²) in [4.78, 5) is 16.4. The highest BCUT2D eigenvalue weighted by Crippen LogP contribution is 2.28. The number of aromatic nitrogens is 1. The number of aryl methyl sites for hydroxylation is 3. The zero-order valence-corrected chi connectivity index (χ0v) is 20.9. The molecule has 0 radical (unpaired) electrons. The molecule has 0 spiro atoms. The Kier molecular flexibility index (Phi) is 8.37. The Bertz CT molecular complexity index is 1130. The van der Waals surface area contributed by atoms with Gasteiger partial charge in [0.1, 0.15) is 11.5 Å². The normalized spacial score (nSPS) is 18.0. The van der Waals surface area contributed by atoms with Crippen LogP contribution in [0.25, 0.3) is 11.5 Å². The predicted octanol–water partition coefficient (Wildman–Crippen LogP) is 6.65. The quantitative estimate of drug-likeness (QED) is 0.352. The van der Waals surface area contributed by atoms with Crippen molar-refractivity contribution in [2.45, 2.75) is 84.7 Å². The van der Waals surface area contributed by atoms with Gasteiger partial charge in [-0.15, -0.1) is 0 Å². The second-order valence-electron chi connectivity index (χ2n) is 9.45. The average Bonchev–Trinajstić information content (AvgIpc) is 3.25. The van der Waals surface area contributed by atoms with Crippen molar-refractivity contribution in [1.82, 2.24) is 4.98 Å². The van der Waals surface area contributed by atoms with Gasteiger partial charge >= 0.3 is 5.97 Å². The highest BCUT2D eigenvalue weighted by Gasteiger charge is 2.25. The van der Waals surface area contributed by atoms with E-state index >= 15 is 0 Å². The highest BCUT2D eigenvalue weighted by molar-refractivity contribution is 5.91. The highest BCUT2D eigenvalue weighted by atomic mass is 16.5. The first-order valence-electron chi connectivity index (χ1n) is 12.5. The maximum Gasteiger partial charge on any atom is 0.336 e. The van der Waals surface area contributed by atoms with Crippen molar-refractivity contribution in [3.8, 4) is 11.5 Å². The van der Waals surface area contributed by atoms with E-state index in [-0.39, 0.29) is 12.2 Å². The van der Waals surface area contributed by atoms with Gasteiger partial charge in [-0.1, -0.05) is 42.8 Å². The number of oxazole rings is 1. The minimum Gasteiger partial charge on any atom is -0.478 e. The summed E-state index contributed by atoms with van der Waals surface area (Å²) in [7, 11) is 0. The van der Waals surface area contributed by atoms with Crippen molar-refractivity contribution in [3.05, 3.63) is 76.2 Å². The topological polar surface area (TPSA) is 81.8 Å². The minimum absolute atomic E-state index is 0.0476. The number of ether oxygens (including phenoxy) is 2. The molecule has 1 aromatic heterocycles. The summed E-state index contributed by atoms with van der Waals surface area (Å²) in [6.07, 6.45) is 5.69. The SMILES string of the molecule is CCCc1oc(-c2ccc(C)cc2)nc1CO[C@H]1CCCC(OCc2cccc(C)c2C(=O)O)C1. The number of nitrogens with zero attached hydrogens (tertiary/aromatic N) is 1. The Hall–Kier alpha value is -2.96. The van der Waals surface area contributed by atoms with Crippen LogP contribution in [0.2, 0.25) is 0 Å². The lowest BCUT2D eigenvalue weighted by atomic mass is 9.94. The Labute approximate surface area is 207 Å². The molecule has 0 saturated heterocycles. The van der Waals surface area contributed by atoms with Gasteiger partial charge in [-0.3, -0.25) is 0 Å². The third-order valence-electron chi connectivity index (χ3n) is 6.64. The Morgan fingerprint density at radius 2 is 1.77 bits per heavy atom. The van der Waals surface area contributed by atoms with Crippen LogP contribution in [-0.2, 0) is 29.1 Å². The van der Waals surface area contributed by atoms with Crippen LogP contribution >= 0.6 is 0 Å². The van der Waals surface area contributed by atoms with Crippen molar-refractivity contribution in [2.24, 2.45) is 0 Å². The molecule has 2 aromatic carbocycles. The Balaban J connectivity index is 1.36. The molecular weight excluding hydrogens is 442 g/mol. The van der Waals surface area contributed by atoms with Crippen LogP contribution in [0, 0.1) is 13.8 Å². The van der Waals surface area contributed by atoms with Crippen molar-refractivity contribution >= 4 is 5.97 Å². The molecule has 1 fully saturated rings. The van der Waals surface area contributed by atoms with Crippen LogP contribution in [0.5, 0.6) is 0 Å². The molecule has 0 amide bonds. The second-order valence-corrected chi connectivity index (χ2v) is 9.45. The van der Waals surface area contributed by atoms with Gasteiger partial charge in [0, 0.05) is 12.0 Å². The van der Waals surface area contributed by atoms with E-state index < -0.39 is 5.97 Å². The number of hydrogen-bond acceptors (Lipinski definition) is 5. The summed E-state index contributed by atoms with van der Waals surface area (Å²) in [5, 5.41) is 9.56. The molecule has 186 valence electrons. The molecule has 6 heteroatoms. The number of aromatic carboxylic acids is 1. The van der Waals surface area contributed by atoms with Crippen LogP contribution in [0.15, 0.2) is 46.9 Å². The summed E-state index contributed by atoms with van der Waals surface area (Å²) in [6.45, 7) is 6.73. The van der Waals surface area contributed by atoms with Gasteiger partial charge in [0.25, 0.3) is 0 Å². The van der Waals surface area contributed by atoms with E-state index in [0.29, 0.717) is 24.7 Å². The summed E-state index contributed by atoms with van der Waals surface area (Å²) in [6, 6.07) is 13.7. The first-order chi connectivity index (χ1) is 16.9. The van der Waals surface area contributed by atoms with E-state index in [0.717, 1.165) is 66.7 Å². The molecule has 1 N–H and O–H groups in total. The Morgan fingerprint density at radius 3 is 2.46 bits per heavy atom. The lowest BCUT2D eigenvalue weighted by molar-refractivity contribution is -0.0564. The van der Waals surface area contributed by atoms with Gasteiger partial charge in [-0.2, -0.15) is 0 Å². The summed E-state index contributed by atoms with van der Waals surface area (Å²) < 4.78 is 18.6. The second kappa shape index (κ2) is 11.6.